The summed E-state index contributed by atoms with van der Waals surface area (Å²) in [6.07, 6.45) is 3.97. The molecule has 1 heterocycles. The van der Waals surface area contributed by atoms with Crippen LogP contribution in [0.3, 0.4) is 0 Å². The van der Waals surface area contributed by atoms with Gasteiger partial charge in [-0.2, -0.15) is 0 Å². The lowest BCUT2D eigenvalue weighted by Crippen LogP contribution is -2.17. The van der Waals surface area contributed by atoms with Gasteiger partial charge in [0.15, 0.2) is 0 Å². The molecule has 0 saturated carbocycles. The Morgan fingerprint density at radius 3 is 2.92 bits per heavy atom. The fourth-order valence-corrected chi connectivity index (χ4v) is 1.61. The van der Waals surface area contributed by atoms with Gasteiger partial charge >= 0.3 is 0 Å². The number of pyridine rings is 1. The number of nitrogens with zero attached hydrogens (tertiary/aromatic N) is 1. The van der Waals surface area contributed by atoms with Crippen molar-refractivity contribution >= 4 is 11.6 Å². The molecule has 0 fully saturated rings. The molecule has 0 radical (unpaired) electrons. The van der Waals surface area contributed by atoms with Crippen molar-refractivity contribution in [2.45, 2.75) is 25.8 Å². The Morgan fingerprint density at radius 1 is 1.62 bits per heavy atom. The maximum Gasteiger partial charge on any atom is 0.0758 e. The minimum atomic E-state index is 0.277. The summed E-state index contributed by atoms with van der Waals surface area (Å²) in [6.45, 7) is 2.15. The second kappa shape index (κ2) is 5.20. The molecule has 1 unspecified atom stereocenters. The van der Waals surface area contributed by atoms with Crippen molar-refractivity contribution in [1.82, 2.24) is 10.3 Å². The molecular formula is C10H15ClN2. The number of nitrogens with one attached hydrogen (secondary N) is 1. The molecule has 2 nitrogen and oxygen atoms in total. The van der Waals surface area contributed by atoms with Gasteiger partial charge in [0.2, 0.25) is 0 Å². The van der Waals surface area contributed by atoms with E-state index in [1.165, 1.54) is 0 Å². The quantitative estimate of drug-likeness (QED) is 0.805. The summed E-state index contributed by atoms with van der Waals surface area (Å²) in [5, 5.41) is 3.96. The highest BCUT2D eigenvalue weighted by Crippen LogP contribution is 2.22. The molecule has 1 N–H and O–H groups in total. The predicted octanol–water partition coefficient (Wildman–Crippen LogP) is 2.80. The molecule has 72 valence electrons. The van der Waals surface area contributed by atoms with Gasteiger partial charge in [-0.15, -0.1) is 0 Å². The van der Waals surface area contributed by atoms with E-state index < -0.39 is 0 Å². The highest BCUT2D eigenvalue weighted by molar-refractivity contribution is 6.31. The average Bonchev–Trinajstić information content (AvgIpc) is 2.16. The van der Waals surface area contributed by atoms with Crippen molar-refractivity contribution < 1.29 is 0 Å². The summed E-state index contributed by atoms with van der Waals surface area (Å²) in [5.41, 5.74) is 0.952. The van der Waals surface area contributed by atoms with E-state index in [-0.39, 0.29) is 6.04 Å². The van der Waals surface area contributed by atoms with Crippen LogP contribution in [0.25, 0.3) is 0 Å². The van der Waals surface area contributed by atoms with Crippen molar-refractivity contribution in [2.24, 2.45) is 0 Å². The zero-order chi connectivity index (χ0) is 9.68. The zero-order valence-corrected chi connectivity index (χ0v) is 8.80. The minimum absolute atomic E-state index is 0.277. The Kier molecular flexibility index (Phi) is 4.19. The first-order valence-corrected chi connectivity index (χ1v) is 4.95. The highest BCUT2D eigenvalue weighted by Gasteiger charge is 2.12. The Hall–Kier alpha value is -0.600. The third-order valence-electron chi connectivity index (χ3n) is 2.04. The van der Waals surface area contributed by atoms with E-state index >= 15 is 0 Å². The van der Waals surface area contributed by atoms with Crippen molar-refractivity contribution in [1.29, 1.82) is 0 Å². The van der Waals surface area contributed by atoms with Crippen LogP contribution in [0.2, 0.25) is 5.02 Å². The zero-order valence-electron chi connectivity index (χ0n) is 8.05. The summed E-state index contributed by atoms with van der Waals surface area (Å²) in [4.78, 5) is 4.27. The molecule has 1 atom stereocenters. The van der Waals surface area contributed by atoms with Crippen molar-refractivity contribution in [3.05, 3.63) is 29.0 Å². The Labute approximate surface area is 84.3 Å². The van der Waals surface area contributed by atoms with E-state index in [4.69, 9.17) is 11.6 Å². The fourth-order valence-electron chi connectivity index (χ4n) is 1.36. The maximum absolute atomic E-state index is 6.03. The largest absolute Gasteiger partial charge is 0.312 e. The third-order valence-corrected chi connectivity index (χ3v) is 2.36. The predicted molar refractivity (Wildman–Crippen MR) is 56.0 cm³/mol. The van der Waals surface area contributed by atoms with Crippen LogP contribution in [0.5, 0.6) is 0 Å². The SMILES string of the molecule is CCCC(NC)c1ncccc1Cl. The summed E-state index contributed by atoms with van der Waals surface area (Å²) < 4.78 is 0. The third kappa shape index (κ3) is 2.68. The van der Waals surface area contributed by atoms with Crippen molar-refractivity contribution in [2.75, 3.05) is 7.05 Å². The molecule has 0 bridgehead atoms. The highest BCUT2D eigenvalue weighted by atomic mass is 35.5. The molecule has 13 heavy (non-hydrogen) atoms. The van der Waals surface area contributed by atoms with Crippen LogP contribution in [0.4, 0.5) is 0 Å². The smallest absolute Gasteiger partial charge is 0.0758 e. The van der Waals surface area contributed by atoms with E-state index in [0.29, 0.717) is 0 Å². The van der Waals surface area contributed by atoms with Crippen LogP contribution >= 0.6 is 11.6 Å². The van der Waals surface area contributed by atoms with Gasteiger partial charge in [0, 0.05) is 6.20 Å². The molecule has 0 amide bonds. The first-order chi connectivity index (χ1) is 6.29. The second-order valence-electron chi connectivity index (χ2n) is 3.00. The number of halogens is 1. The van der Waals surface area contributed by atoms with Crippen LogP contribution in [0.15, 0.2) is 18.3 Å². The number of rotatable bonds is 4. The summed E-state index contributed by atoms with van der Waals surface area (Å²) >= 11 is 6.03. The molecule has 3 heteroatoms. The summed E-state index contributed by atoms with van der Waals surface area (Å²) in [7, 11) is 1.94. The Bertz CT molecular complexity index is 263. The van der Waals surface area contributed by atoms with E-state index in [1.807, 2.05) is 19.2 Å². The lowest BCUT2D eigenvalue weighted by Gasteiger charge is -2.15. The molecule has 0 aliphatic rings. The molecule has 1 aromatic rings. The molecule has 0 aromatic carbocycles. The molecular weight excluding hydrogens is 184 g/mol. The van der Waals surface area contributed by atoms with Crippen molar-refractivity contribution in [3.8, 4) is 0 Å². The second-order valence-corrected chi connectivity index (χ2v) is 3.41. The summed E-state index contributed by atoms with van der Waals surface area (Å²) in [6, 6.07) is 4.01. The van der Waals surface area contributed by atoms with E-state index in [0.717, 1.165) is 23.6 Å². The van der Waals surface area contributed by atoms with Crippen molar-refractivity contribution in [3.63, 3.8) is 0 Å². The molecule has 0 aliphatic carbocycles. The van der Waals surface area contributed by atoms with Gasteiger partial charge in [0.05, 0.1) is 16.8 Å². The molecule has 1 aromatic heterocycles. The van der Waals surface area contributed by atoms with Crippen LogP contribution in [-0.4, -0.2) is 12.0 Å². The maximum atomic E-state index is 6.03. The first-order valence-electron chi connectivity index (χ1n) is 4.57. The molecule has 0 spiro atoms. The molecule has 1 rings (SSSR count). The van der Waals surface area contributed by atoms with Gasteiger partial charge in [-0.25, -0.2) is 0 Å². The first kappa shape index (κ1) is 10.5. The molecule has 0 saturated heterocycles. The standard InChI is InChI=1S/C10H15ClN2/c1-3-5-9(12-2)10-8(11)6-4-7-13-10/h4,6-7,9,12H,3,5H2,1-2H3. The Morgan fingerprint density at radius 2 is 2.38 bits per heavy atom. The lowest BCUT2D eigenvalue weighted by molar-refractivity contribution is 0.529. The normalized spacial score (nSPS) is 12.8. The minimum Gasteiger partial charge on any atom is -0.312 e. The number of hydrogen-bond donors (Lipinski definition) is 1. The lowest BCUT2D eigenvalue weighted by atomic mass is 10.1. The van der Waals surface area contributed by atoms with Gasteiger partial charge in [0.1, 0.15) is 0 Å². The van der Waals surface area contributed by atoms with E-state index in [1.54, 1.807) is 6.20 Å². The van der Waals surface area contributed by atoms with Gasteiger partial charge in [-0.3, -0.25) is 4.98 Å². The summed E-state index contributed by atoms with van der Waals surface area (Å²) in [5.74, 6) is 0. The Balaban J connectivity index is 2.84. The van der Waals surface area contributed by atoms with Gasteiger partial charge in [0.25, 0.3) is 0 Å². The van der Waals surface area contributed by atoms with E-state index in [2.05, 4.69) is 17.2 Å². The average molecular weight is 199 g/mol. The van der Waals surface area contributed by atoms with Crippen LogP contribution in [0.1, 0.15) is 31.5 Å². The monoisotopic (exact) mass is 198 g/mol. The molecule has 0 aliphatic heterocycles. The van der Waals surface area contributed by atoms with Crippen LogP contribution < -0.4 is 5.32 Å². The van der Waals surface area contributed by atoms with E-state index in [9.17, 15) is 0 Å². The fraction of sp³-hybridized carbons (Fsp3) is 0.500. The number of aromatic nitrogens is 1. The topological polar surface area (TPSA) is 24.9 Å². The van der Waals surface area contributed by atoms with Gasteiger partial charge in [-0.1, -0.05) is 24.9 Å². The van der Waals surface area contributed by atoms with Crippen LogP contribution in [-0.2, 0) is 0 Å². The van der Waals surface area contributed by atoms with Crippen LogP contribution in [0, 0.1) is 0 Å². The number of hydrogen-bond acceptors (Lipinski definition) is 2. The van der Waals surface area contributed by atoms with Gasteiger partial charge < -0.3 is 5.32 Å². The van der Waals surface area contributed by atoms with Gasteiger partial charge in [-0.05, 0) is 25.6 Å².